The second-order valence-electron chi connectivity index (χ2n) is 4.63. The summed E-state index contributed by atoms with van der Waals surface area (Å²) >= 11 is 0. The van der Waals surface area contributed by atoms with Gasteiger partial charge >= 0.3 is 0 Å². The lowest BCUT2D eigenvalue weighted by Crippen LogP contribution is -2.00. The maximum absolute atomic E-state index is 13.6. The Labute approximate surface area is 82.1 Å². The number of rotatable bonds is 1. The van der Waals surface area contributed by atoms with Crippen LogP contribution in [0.1, 0.15) is 30.9 Å². The van der Waals surface area contributed by atoms with Crippen molar-refractivity contribution in [2.75, 3.05) is 5.73 Å². The normalized spacial score (nSPS) is 34.6. The summed E-state index contributed by atoms with van der Waals surface area (Å²) in [6, 6.07) is 0. The number of aromatic nitrogens is 2. The van der Waals surface area contributed by atoms with E-state index in [2.05, 4.69) is 5.10 Å². The van der Waals surface area contributed by atoms with Crippen LogP contribution in [-0.4, -0.2) is 9.78 Å². The number of nitrogen functional groups attached to an aromatic ring is 1. The van der Waals surface area contributed by atoms with Crippen LogP contribution in [0.4, 0.5) is 10.2 Å². The minimum atomic E-state index is -0.293. The summed E-state index contributed by atoms with van der Waals surface area (Å²) in [5, 5.41) is 4.16. The van der Waals surface area contributed by atoms with Gasteiger partial charge in [0.2, 0.25) is 0 Å². The Morgan fingerprint density at radius 3 is 2.50 bits per heavy atom. The van der Waals surface area contributed by atoms with E-state index in [0.29, 0.717) is 11.6 Å². The molecule has 2 atom stereocenters. The maximum Gasteiger partial charge on any atom is 0.188 e. The molecule has 4 heteroatoms. The van der Waals surface area contributed by atoms with Crippen molar-refractivity contribution in [3.63, 3.8) is 0 Å². The van der Waals surface area contributed by atoms with Crippen LogP contribution in [0.2, 0.25) is 0 Å². The highest BCUT2D eigenvalue weighted by atomic mass is 19.1. The molecule has 1 aromatic rings. The van der Waals surface area contributed by atoms with Gasteiger partial charge in [0, 0.05) is 13.0 Å². The highest BCUT2D eigenvalue weighted by Crippen LogP contribution is 2.57. The fraction of sp³-hybridized carbons (Fsp3) is 0.700. The first kappa shape index (κ1) is 8.26. The molecule has 0 amide bonds. The molecule has 0 aliphatic heterocycles. The van der Waals surface area contributed by atoms with Crippen LogP contribution in [0.25, 0.3) is 0 Å². The Bertz CT molecular complexity index is 375. The predicted molar refractivity (Wildman–Crippen MR) is 51.2 cm³/mol. The molecule has 2 aliphatic rings. The summed E-state index contributed by atoms with van der Waals surface area (Å²) in [6.45, 7) is 0. The lowest BCUT2D eigenvalue weighted by Gasteiger charge is -2.07. The van der Waals surface area contributed by atoms with E-state index in [9.17, 15) is 4.39 Å². The number of halogens is 1. The zero-order valence-corrected chi connectivity index (χ0v) is 8.20. The SMILES string of the molecule is Cn1nc(C2CC3CC3C2)c(F)c1N. The highest BCUT2D eigenvalue weighted by molar-refractivity contribution is 5.35. The lowest BCUT2D eigenvalue weighted by atomic mass is 9.99. The Morgan fingerprint density at radius 2 is 2.00 bits per heavy atom. The fourth-order valence-corrected chi connectivity index (χ4v) is 2.73. The standard InChI is InChI=1S/C10H14FN3/c1-14-10(12)8(11)9(13-14)7-3-5-2-6(5)4-7/h5-7H,2-4,12H2,1H3. The fourth-order valence-electron chi connectivity index (χ4n) is 2.73. The van der Waals surface area contributed by atoms with E-state index < -0.39 is 0 Å². The third-order valence-corrected chi connectivity index (χ3v) is 3.69. The first-order chi connectivity index (χ1) is 6.66. The largest absolute Gasteiger partial charge is 0.381 e. The minimum Gasteiger partial charge on any atom is -0.381 e. The maximum atomic E-state index is 13.6. The summed E-state index contributed by atoms with van der Waals surface area (Å²) in [4.78, 5) is 0. The molecule has 0 radical (unpaired) electrons. The molecule has 1 aromatic heterocycles. The van der Waals surface area contributed by atoms with Crippen LogP contribution in [-0.2, 0) is 7.05 Å². The number of nitrogens with two attached hydrogens (primary N) is 1. The average Bonchev–Trinajstić information content (AvgIpc) is 2.70. The van der Waals surface area contributed by atoms with Crippen LogP contribution < -0.4 is 5.73 Å². The van der Waals surface area contributed by atoms with Gasteiger partial charge < -0.3 is 5.73 Å². The molecule has 1 heterocycles. The number of nitrogens with zero attached hydrogens (tertiary/aromatic N) is 2. The van der Waals surface area contributed by atoms with E-state index in [1.807, 2.05) is 0 Å². The van der Waals surface area contributed by atoms with Crippen molar-refractivity contribution in [1.29, 1.82) is 0 Å². The van der Waals surface area contributed by atoms with E-state index in [1.165, 1.54) is 11.1 Å². The topological polar surface area (TPSA) is 43.8 Å². The van der Waals surface area contributed by atoms with E-state index in [1.54, 1.807) is 7.05 Å². The Kier molecular flexibility index (Phi) is 1.47. The van der Waals surface area contributed by atoms with Crippen LogP contribution in [0, 0.1) is 17.7 Å². The molecule has 3 nitrogen and oxygen atoms in total. The highest BCUT2D eigenvalue weighted by Gasteiger charge is 2.47. The molecule has 0 saturated heterocycles. The predicted octanol–water partition coefficient (Wildman–Crippen LogP) is 1.65. The number of hydrogen-bond donors (Lipinski definition) is 1. The molecule has 2 N–H and O–H groups in total. The first-order valence-corrected chi connectivity index (χ1v) is 5.14. The zero-order chi connectivity index (χ0) is 9.87. The van der Waals surface area contributed by atoms with Crippen molar-refractivity contribution in [2.24, 2.45) is 18.9 Å². The van der Waals surface area contributed by atoms with Crippen LogP contribution >= 0.6 is 0 Å². The molecule has 2 unspecified atom stereocenters. The number of anilines is 1. The van der Waals surface area contributed by atoms with Gasteiger partial charge in [-0.1, -0.05) is 0 Å². The Morgan fingerprint density at radius 1 is 1.36 bits per heavy atom. The number of hydrogen-bond acceptors (Lipinski definition) is 2. The van der Waals surface area contributed by atoms with Gasteiger partial charge in [-0.25, -0.2) is 4.39 Å². The monoisotopic (exact) mass is 195 g/mol. The summed E-state index contributed by atoms with van der Waals surface area (Å²) in [5.74, 6) is 1.90. The molecule has 2 fully saturated rings. The molecular formula is C10H14FN3. The van der Waals surface area contributed by atoms with Crippen molar-refractivity contribution >= 4 is 5.82 Å². The van der Waals surface area contributed by atoms with E-state index in [4.69, 9.17) is 5.73 Å². The van der Waals surface area contributed by atoms with Crippen molar-refractivity contribution in [3.05, 3.63) is 11.5 Å². The third-order valence-electron chi connectivity index (χ3n) is 3.69. The first-order valence-electron chi connectivity index (χ1n) is 5.14. The molecule has 0 aromatic carbocycles. The van der Waals surface area contributed by atoms with Gasteiger partial charge in [0.1, 0.15) is 5.69 Å². The number of fused-ring (bicyclic) bond motifs is 1. The zero-order valence-electron chi connectivity index (χ0n) is 8.20. The Hall–Kier alpha value is -1.06. The summed E-state index contributed by atoms with van der Waals surface area (Å²) in [7, 11) is 1.69. The second-order valence-corrected chi connectivity index (χ2v) is 4.63. The lowest BCUT2D eigenvalue weighted by molar-refractivity contribution is 0.545. The number of aryl methyl sites for hydroxylation is 1. The third kappa shape index (κ3) is 0.996. The van der Waals surface area contributed by atoms with E-state index in [0.717, 1.165) is 24.7 Å². The van der Waals surface area contributed by atoms with Crippen molar-refractivity contribution in [1.82, 2.24) is 9.78 Å². The van der Waals surface area contributed by atoms with Crippen molar-refractivity contribution in [3.8, 4) is 0 Å². The van der Waals surface area contributed by atoms with Gasteiger partial charge in [-0.3, -0.25) is 4.68 Å². The Balaban J connectivity index is 1.92. The molecule has 3 rings (SSSR count). The van der Waals surface area contributed by atoms with Gasteiger partial charge in [-0.2, -0.15) is 5.10 Å². The van der Waals surface area contributed by atoms with Gasteiger partial charge in [-0.05, 0) is 31.1 Å². The van der Waals surface area contributed by atoms with Gasteiger partial charge in [0.15, 0.2) is 11.6 Å². The molecule has 0 bridgehead atoms. The van der Waals surface area contributed by atoms with E-state index >= 15 is 0 Å². The molecule has 76 valence electrons. The van der Waals surface area contributed by atoms with Crippen LogP contribution in [0.3, 0.4) is 0 Å². The van der Waals surface area contributed by atoms with Gasteiger partial charge in [-0.15, -0.1) is 0 Å². The molecule has 14 heavy (non-hydrogen) atoms. The van der Waals surface area contributed by atoms with E-state index in [-0.39, 0.29) is 11.6 Å². The van der Waals surface area contributed by atoms with Crippen LogP contribution in [0.5, 0.6) is 0 Å². The molecule has 2 aliphatic carbocycles. The van der Waals surface area contributed by atoms with Crippen molar-refractivity contribution in [2.45, 2.75) is 25.2 Å². The molecule has 0 spiro atoms. The quantitative estimate of drug-likeness (QED) is 0.740. The van der Waals surface area contributed by atoms with Crippen molar-refractivity contribution < 1.29 is 4.39 Å². The summed E-state index contributed by atoms with van der Waals surface area (Å²) in [5.41, 5.74) is 6.14. The minimum absolute atomic E-state index is 0.167. The average molecular weight is 195 g/mol. The van der Waals surface area contributed by atoms with Crippen LogP contribution in [0.15, 0.2) is 0 Å². The molecule has 2 saturated carbocycles. The van der Waals surface area contributed by atoms with Gasteiger partial charge in [0.25, 0.3) is 0 Å². The second kappa shape index (κ2) is 2.49. The molecular weight excluding hydrogens is 181 g/mol. The smallest absolute Gasteiger partial charge is 0.188 e. The van der Waals surface area contributed by atoms with Gasteiger partial charge in [0.05, 0.1) is 0 Å². The summed E-state index contributed by atoms with van der Waals surface area (Å²) < 4.78 is 15.0. The summed E-state index contributed by atoms with van der Waals surface area (Å²) in [6.07, 6.45) is 3.57.